The van der Waals surface area contributed by atoms with Crippen LogP contribution in [-0.2, 0) is 10.0 Å². The van der Waals surface area contributed by atoms with Crippen molar-refractivity contribution in [2.75, 3.05) is 7.11 Å². The van der Waals surface area contributed by atoms with Crippen LogP contribution in [0.15, 0.2) is 23.1 Å². The summed E-state index contributed by atoms with van der Waals surface area (Å²) in [6.45, 7) is 0. The highest BCUT2D eigenvalue weighted by atomic mass is 35.5. The van der Waals surface area contributed by atoms with Crippen molar-refractivity contribution in [2.45, 2.75) is 42.7 Å². The lowest BCUT2D eigenvalue weighted by molar-refractivity contribution is 0.101. The molecule has 2 atom stereocenters. The van der Waals surface area contributed by atoms with Crippen molar-refractivity contribution in [1.29, 1.82) is 0 Å². The predicted octanol–water partition coefficient (Wildman–Crippen LogP) is 1.93. The van der Waals surface area contributed by atoms with Crippen LogP contribution >= 0.6 is 11.6 Å². The zero-order valence-corrected chi connectivity index (χ0v) is 12.7. The SMILES string of the molecule is COc1cc(Cl)ccc1S(=O)(=O)N[C@H]1CCCC[C@@H]1O. The van der Waals surface area contributed by atoms with Gasteiger partial charge in [-0.15, -0.1) is 0 Å². The number of aliphatic hydroxyl groups is 1. The molecule has 112 valence electrons. The molecule has 1 aliphatic rings. The average molecular weight is 320 g/mol. The second-order valence-corrected chi connectivity index (χ2v) is 6.99. The van der Waals surface area contributed by atoms with Gasteiger partial charge in [-0.3, -0.25) is 0 Å². The van der Waals surface area contributed by atoms with E-state index in [2.05, 4.69) is 4.72 Å². The summed E-state index contributed by atoms with van der Waals surface area (Å²) in [4.78, 5) is 0.0298. The maximum atomic E-state index is 12.4. The molecule has 0 radical (unpaired) electrons. The van der Waals surface area contributed by atoms with Crippen LogP contribution in [0.1, 0.15) is 25.7 Å². The van der Waals surface area contributed by atoms with Gasteiger partial charge in [0.25, 0.3) is 0 Å². The Balaban J connectivity index is 2.26. The van der Waals surface area contributed by atoms with E-state index in [4.69, 9.17) is 16.3 Å². The van der Waals surface area contributed by atoms with E-state index in [1.807, 2.05) is 0 Å². The van der Waals surface area contributed by atoms with Crippen molar-refractivity contribution in [3.8, 4) is 5.75 Å². The second-order valence-electron chi connectivity index (χ2n) is 4.87. The Morgan fingerprint density at radius 1 is 1.35 bits per heavy atom. The molecular weight excluding hydrogens is 302 g/mol. The van der Waals surface area contributed by atoms with Crippen LogP contribution in [0, 0.1) is 0 Å². The fraction of sp³-hybridized carbons (Fsp3) is 0.538. The van der Waals surface area contributed by atoms with Crippen molar-refractivity contribution in [2.24, 2.45) is 0 Å². The van der Waals surface area contributed by atoms with Crippen molar-refractivity contribution < 1.29 is 18.3 Å². The maximum absolute atomic E-state index is 12.4. The van der Waals surface area contributed by atoms with Gasteiger partial charge in [-0.2, -0.15) is 0 Å². The standard InChI is InChI=1S/C13H18ClNO4S/c1-19-12-8-9(14)6-7-13(12)20(17,18)15-10-4-2-3-5-11(10)16/h6-8,10-11,15-16H,2-5H2,1H3/t10-,11-/m0/s1. The van der Waals surface area contributed by atoms with Gasteiger partial charge in [0, 0.05) is 17.1 Å². The third kappa shape index (κ3) is 3.44. The third-order valence-corrected chi connectivity index (χ3v) is 5.22. The molecule has 0 heterocycles. The molecule has 7 heteroatoms. The van der Waals surface area contributed by atoms with Gasteiger partial charge in [-0.1, -0.05) is 24.4 Å². The Kier molecular flexibility index (Phi) is 4.90. The number of rotatable bonds is 4. The Labute approximate surface area is 124 Å². The first kappa shape index (κ1) is 15.6. The fourth-order valence-corrected chi connectivity index (χ4v) is 3.99. The summed E-state index contributed by atoms with van der Waals surface area (Å²) in [5.74, 6) is 0.190. The van der Waals surface area contributed by atoms with Gasteiger partial charge in [0.2, 0.25) is 10.0 Å². The number of aliphatic hydroxyl groups excluding tert-OH is 1. The number of nitrogens with one attached hydrogen (secondary N) is 1. The molecule has 2 N–H and O–H groups in total. The Bertz CT molecular complexity index is 576. The minimum atomic E-state index is -3.75. The summed E-state index contributed by atoms with van der Waals surface area (Å²) in [6, 6.07) is 3.90. The molecule has 0 saturated heterocycles. The minimum Gasteiger partial charge on any atom is -0.495 e. The van der Waals surface area contributed by atoms with Gasteiger partial charge in [-0.25, -0.2) is 13.1 Å². The Morgan fingerprint density at radius 2 is 2.05 bits per heavy atom. The summed E-state index contributed by atoms with van der Waals surface area (Å²) in [7, 11) is -2.36. The molecule has 1 aromatic rings. The number of sulfonamides is 1. The molecule has 1 saturated carbocycles. The summed E-state index contributed by atoms with van der Waals surface area (Å²) in [6.07, 6.45) is 2.43. The largest absolute Gasteiger partial charge is 0.495 e. The molecule has 2 rings (SSSR count). The van der Waals surface area contributed by atoms with E-state index in [0.717, 1.165) is 12.8 Å². The molecule has 20 heavy (non-hydrogen) atoms. The molecule has 1 aromatic carbocycles. The van der Waals surface area contributed by atoms with Crippen LogP contribution in [0.5, 0.6) is 5.75 Å². The normalized spacial score (nSPS) is 23.6. The summed E-state index contributed by atoms with van der Waals surface area (Å²) >= 11 is 5.83. The monoisotopic (exact) mass is 319 g/mol. The number of halogens is 1. The van der Waals surface area contributed by atoms with Crippen molar-refractivity contribution in [3.63, 3.8) is 0 Å². The molecule has 0 aromatic heterocycles. The highest BCUT2D eigenvalue weighted by molar-refractivity contribution is 7.89. The molecule has 0 bridgehead atoms. The van der Waals surface area contributed by atoms with Crippen LogP contribution in [0.3, 0.4) is 0 Å². The quantitative estimate of drug-likeness (QED) is 0.889. The molecule has 1 fully saturated rings. The Morgan fingerprint density at radius 3 is 2.70 bits per heavy atom. The molecule has 0 aliphatic heterocycles. The first-order valence-corrected chi connectivity index (χ1v) is 8.34. The topological polar surface area (TPSA) is 75.6 Å². The lowest BCUT2D eigenvalue weighted by atomic mass is 9.93. The predicted molar refractivity (Wildman–Crippen MR) is 76.6 cm³/mol. The third-order valence-electron chi connectivity index (χ3n) is 3.45. The average Bonchev–Trinajstić information content (AvgIpc) is 2.40. The van der Waals surface area contributed by atoms with Gasteiger partial charge < -0.3 is 9.84 Å². The lowest BCUT2D eigenvalue weighted by Gasteiger charge is -2.28. The van der Waals surface area contributed by atoms with Gasteiger partial charge in [0.15, 0.2) is 0 Å². The summed E-state index contributed by atoms with van der Waals surface area (Å²) < 4.78 is 32.4. The number of hydrogen-bond donors (Lipinski definition) is 2. The molecular formula is C13H18ClNO4S. The van der Waals surface area contributed by atoms with E-state index in [-0.39, 0.29) is 10.6 Å². The van der Waals surface area contributed by atoms with E-state index >= 15 is 0 Å². The zero-order valence-electron chi connectivity index (χ0n) is 11.2. The van der Waals surface area contributed by atoms with E-state index in [1.165, 1.54) is 25.3 Å². The molecule has 0 spiro atoms. The number of ether oxygens (including phenoxy) is 1. The Hall–Kier alpha value is -0.820. The maximum Gasteiger partial charge on any atom is 0.244 e. The first-order valence-electron chi connectivity index (χ1n) is 6.48. The molecule has 0 unspecified atom stereocenters. The van der Waals surface area contributed by atoms with Crippen LogP contribution in [-0.4, -0.2) is 32.8 Å². The number of methoxy groups -OCH3 is 1. The molecule has 5 nitrogen and oxygen atoms in total. The molecule has 1 aliphatic carbocycles. The summed E-state index contributed by atoms with van der Waals surface area (Å²) in [5, 5.41) is 10.3. The first-order chi connectivity index (χ1) is 9.44. The van der Waals surface area contributed by atoms with Gasteiger partial charge in [0.1, 0.15) is 10.6 Å². The summed E-state index contributed by atoms with van der Waals surface area (Å²) in [5.41, 5.74) is 0. The van der Waals surface area contributed by atoms with E-state index in [9.17, 15) is 13.5 Å². The van der Waals surface area contributed by atoms with E-state index in [0.29, 0.717) is 17.9 Å². The molecule has 0 amide bonds. The highest BCUT2D eigenvalue weighted by Crippen LogP contribution is 2.28. The van der Waals surface area contributed by atoms with Gasteiger partial charge in [-0.05, 0) is 25.0 Å². The lowest BCUT2D eigenvalue weighted by Crippen LogP contribution is -2.45. The van der Waals surface area contributed by atoms with Crippen LogP contribution < -0.4 is 9.46 Å². The second kappa shape index (κ2) is 6.30. The van der Waals surface area contributed by atoms with Crippen LogP contribution in [0.25, 0.3) is 0 Å². The fourth-order valence-electron chi connectivity index (χ4n) is 2.37. The number of benzene rings is 1. The zero-order chi connectivity index (χ0) is 14.8. The van der Waals surface area contributed by atoms with E-state index < -0.39 is 22.2 Å². The van der Waals surface area contributed by atoms with Crippen LogP contribution in [0.2, 0.25) is 5.02 Å². The highest BCUT2D eigenvalue weighted by Gasteiger charge is 2.29. The van der Waals surface area contributed by atoms with Gasteiger partial charge in [0.05, 0.1) is 13.2 Å². The minimum absolute atomic E-state index is 0.0298. The van der Waals surface area contributed by atoms with Crippen molar-refractivity contribution in [3.05, 3.63) is 23.2 Å². The number of hydrogen-bond acceptors (Lipinski definition) is 4. The van der Waals surface area contributed by atoms with Crippen LogP contribution in [0.4, 0.5) is 0 Å². The van der Waals surface area contributed by atoms with Crippen molar-refractivity contribution in [1.82, 2.24) is 4.72 Å². The smallest absolute Gasteiger partial charge is 0.244 e. The van der Waals surface area contributed by atoms with Gasteiger partial charge >= 0.3 is 0 Å². The van der Waals surface area contributed by atoms with Crippen molar-refractivity contribution >= 4 is 21.6 Å². The van der Waals surface area contributed by atoms with E-state index in [1.54, 1.807) is 0 Å².